The molecule has 0 atom stereocenters. The number of H-pyrrole nitrogens is 1. The van der Waals surface area contributed by atoms with Crippen LogP contribution in [0, 0.1) is 0 Å². The Balaban J connectivity index is 2.95. The van der Waals surface area contributed by atoms with E-state index in [2.05, 4.69) is 4.98 Å². The predicted octanol–water partition coefficient (Wildman–Crippen LogP) is 1.76. The van der Waals surface area contributed by atoms with E-state index in [0.29, 0.717) is 16.2 Å². The fourth-order valence-corrected chi connectivity index (χ4v) is 1.49. The van der Waals surface area contributed by atoms with Gasteiger partial charge in [0.25, 0.3) is 0 Å². The van der Waals surface area contributed by atoms with Crippen LogP contribution in [0.2, 0.25) is 5.02 Å². The Morgan fingerprint density at radius 3 is 2.85 bits per heavy atom. The van der Waals surface area contributed by atoms with E-state index >= 15 is 0 Å². The van der Waals surface area contributed by atoms with Gasteiger partial charge in [-0.15, -0.1) is 0 Å². The molecule has 0 aliphatic rings. The van der Waals surface area contributed by atoms with E-state index in [-0.39, 0.29) is 5.56 Å². The number of hydrogen-bond acceptors (Lipinski definition) is 2. The van der Waals surface area contributed by atoms with Crippen molar-refractivity contribution in [3.8, 4) is 0 Å². The molecule has 0 aliphatic carbocycles. The van der Waals surface area contributed by atoms with Crippen LogP contribution in [0.25, 0.3) is 10.9 Å². The van der Waals surface area contributed by atoms with Crippen LogP contribution in [0.15, 0.2) is 29.1 Å². The van der Waals surface area contributed by atoms with Crippen LogP contribution in [0.3, 0.4) is 0 Å². The van der Waals surface area contributed by atoms with Crippen molar-refractivity contribution in [1.82, 2.24) is 4.98 Å². The molecule has 3 nitrogen and oxygen atoms in total. The van der Waals surface area contributed by atoms with Crippen LogP contribution in [-0.2, 0) is 0 Å². The van der Waals surface area contributed by atoms with Crippen molar-refractivity contribution in [2.45, 2.75) is 0 Å². The van der Waals surface area contributed by atoms with Crippen LogP contribution in [0.1, 0.15) is 0 Å². The Morgan fingerprint density at radius 2 is 2.08 bits per heavy atom. The molecular weight excluding hydrogens is 188 g/mol. The molecule has 0 fully saturated rings. The van der Waals surface area contributed by atoms with Crippen LogP contribution in [0.4, 0.5) is 5.69 Å². The minimum atomic E-state index is -0.206. The van der Waals surface area contributed by atoms with Gasteiger partial charge in [0.15, 0.2) is 0 Å². The summed E-state index contributed by atoms with van der Waals surface area (Å²) in [6.07, 6.45) is 0. The minimum absolute atomic E-state index is 0.206. The van der Waals surface area contributed by atoms with E-state index in [4.69, 9.17) is 17.3 Å². The Labute approximate surface area is 79.1 Å². The molecule has 0 aliphatic heterocycles. The number of nitrogens with two attached hydrogens (primary N) is 1. The van der Waals surface area contributed by atoms with Crippen molar-refractivity contribution in [2.75, 3.05) is 5.73 Å². The van der Waals surface area contributed by atoms with Crippen molar-refractivity contribution in [3.05, 3.63) is 39.6 Å². The number of pyridine rings is 1. The molecule has 0 spiro atoms. The zero-order valence-electron chi connectivity index (χ0n) is 6.67. The smallest absolute Gasteiger partial charge is 0.249 e. The lowest BCUT2D eigenvalue weighted by Crippen LogP contribution is -2.03. The molecule has 0 radical (unpaired) electrons. The lowest BCUT2D eigenvalue weighted by atomic mass is 10.2. The number of aromatic amines is 1. The molecule has 2 rings (SSSR count). The molecule has 13 heavy (non-hydrogen) atoms. The van der Waals surface area contributed by atoms with Crippen LogP contribution < -0.4 is 11.3 Å². The zero-order chi connectivity index (χ0) is 9.42. The molecule has 0 amide bonds. The first-order valence-electron chi connectivity index (χ1n) is 3.75. The second-order valence-electron chi connectivity index (χ2n) is 2.79. The first-order chi connectivity index (χ1) is 6.16. The third kappa shape index (κ3) is 1.38. The zero-order valence-corrected chi connectivity index (χ0v) is 7.43. The van der Waals surface area contributed by atoms with Gasteiger partial charge in [0, 0.05) is 22.7 Å². The quantitative estimate of drug-likeness (QED) is 0.628. The fraction of sp³-hybridized carbons (Fsp3) is 0. The molecule has 0 bridgehead atoms. The van der Waals surface area contributed by atoms with E-state index in [0.717, 1.165) is 5.39 Å². The molecule has 2 aromatic rings. The fourth-order valence-electron chi connectivity index (χ4n) is 1.23. The minimum Gasteiger partial charge on any atom is -0.399 e. The molecule has 66 valence electrons. The largest absolute Gasteiger partial charge is 0.399 e. The van der Waals surface area contributed by atoms with Gasteiger partial charge in [0.2, 0.25) is 5.56 Å². The summed E-state index contributed by atoms with van der Waals surface area (Å²) in [5, 5.41) is 1.19. The van der Waals surface area contributed by atoms with Gasteiger partial charge in [-0.2, -0.15) is 0 Å². The third-order valence-electron chi connectivity index (χ3n) is 1.82. The maximum absolute atomic E-state index is 11.0. The molecule has 1 aromatic heterocycles. The van der Waals surface area contributed by atoms with Gasteiger partial charge in [-0.1, -0.05) is 11.6 Å². The van der Waals surface area contributed by atoms with Crippen LogP contribution in [-0.4, -0.2) is 4.98 Å². The number of rotatable bonds is 0. The Hall–Kier alpha value is -1.48. The normalized spacial score (nSPS) is 10.5. The van der Waals surface area contributed by atoms with Crippen LogP contribution >= 0.6 is 11.6 Å². The van der Waals surface area contributed by atoms with Gasteiger partial charge in [0.1, 0.15) is 0 Å². The van der Waals surface area contributed by atoms with E-state index < -0.39 is 0 Å². The van der Waals surface area contributed by atoms with Gasteiger partial charge in [-0.05, 0) is 18.2 Å². The van der Waals surface area contributed by atoms with Crippen LogP contribution in [0.5, 0.6) is 0 Å². The van der Waals surface area contributed by atoms with E-state index in [1.165, 1.54) is 6.07 Å². The van der Waals surface area contributed by atoms with Gasteiger partial charge < -0.3 is 10.7 Å². The monoisotopic (exact) mass is 194 g/mol. The average Bonchev–Trinajstić information content (AvgIpc) is 2.06. The highest BCUT2D eigenvalue weighted by Crippen LogP contribution is 2.21. The molecule has 0 unspecified atom stereocenters. The summed E-state index contributed by atoms with van der Waals surface area (Å²) in [6.45, 7) is 0. The number of fused-ring (bicyclic) bond motifs is 1. The summed E-state index contributed by atoms with van der Waals surface area (Å²) >= 11 is 5.86. The molecule has 4 heteroatoms. The maximum Gasteiger partial charge on any atom is 0.249 e. The molecule has 0 saturated carbocycles. The number of benzene rings is 1. The second-order valence-corrected chi connectivity index (χ2v) is 3.19. The second kappa shape index (κ2) is 2.78. The Bertz CT molecular complexity index is 518. The molecule has 0 saturated heterocycles. The first kappa shape index (κ1) is 8.13. The summed E-state index contributed by atoms with van der Waals surface area (Å²) < 4.78 is 0. The van der Waals surface area contributed by atoms with E-state index in [9.17, 15) is 4.79 Å². The Morgan fingerprint density at radius 1 is 1.31 bits per heavy atom. The number of anilines is 1. The lowest BCUT2D eigenvalue weighted by Gasteiger charge is -2.00. The molecule has 1 aromatic carbocycles. The summed E-state index contributed by atoms with van der Waals surface area (Å²) in [7, 11) is 0. The first-order valence-corrected chi connectivity index (χ1v) is 4.13. The van der Waals surface area contributed by atoms with Gasteiger partial charge >= 0.3 is 0 Å². The lowest BCUT2D eigenvalue weighted by molar-refractivity contribution is 1.31. The van der Waals surface area contributed by atoms with Crippen molar-refractivity contribution in [1.29, 1.82) is 0 Å². The van der Waals surface area contributed by atoms with E-state index in [1.807, 2.05) is 0 Å². The SMILES string of the molecule is Nc1ccc2[nH]c(=O)cc(Cl)c2c1. The Kier molecular flexibility index (Phi) is 1.74. The predicted molar refractivity (Wildman–Crippen MR) is 54.0 cm³/mol. The number of halogens is 1. The third-order valence-corrected chi connectivity index (χ3v) is 2.13. The van der Waals surface area contributed by atoms with Crippen molar-refractivity contribution >= 4 is 28.2 Å². The van der Waals surface area contributed by atoms with Crippen molar-refractivity contribution in [2.24, 2.45) is 0 Å². The maximum atomic E-state index is 11.0. The van der Waals surface area contributed by atoms with Crippen molar-refractivity contribution < 1.29 is 0 Å². The average molecular weight is 195 g/mol. The highest BCUT2D eigenvalue weighted by atomic mass is 35.5. The number of hydrogen-bond donors (Lipinski definition) is 2. The standard InChI is InChI=1S/C9H7ClN2O/c10-7-4-9(13)12-8-2-1-5(11)3-6(7)8/h1-4H,11H2,(H,12,13). The highest BCUT2D eigenvalue weighted by molar-refractivity contribution is 6.35. The van der Waals surface area contributed by atoms with E-state index in [1.54, 1.807) is 18.2 Å². The summed E-state index contributed by atoms with van der Waals surface area (Å²) in [5.41, 5.74) is 6.70. The number of aromatic nitrogens is 1. The summed E-state index contributed by atoms with van der Waals surface area (Å²) in [6, 6.07) is 6.52. The summed E-state index contributed by atoms with van der Waals surface area (Å²) in [4.78, 5) is 13.7. The molecular formula is C9H7ClN2O. The van der Waals surface area contributed by atoms with Gasteiger partial charge in [-0.3, -0.25) is 4.79 Å². The highest BCUT2D eigenvalue weighted by Gasteiger charge is 2.00. The van der Waals surface area contributed by atoms with Crippen molar-refractivity contribution in [3.63, 3.8) is 0 Å². The molecule has 3 N–H and O–H groups in total. The molecule has 1 heterocycles. The topological polar surface area (TPSA) is 58.9 Å². The summed E-state index contributed by atoms with van der Waals surface area (Å²) in [5.74, 6) is 0. The number of nitrogens with one attached hydrogen (secondary N) is 1. The van der Waals surface area contributed by atoms with Gasteiger partial charge in [0.05, 0.1) is 5.02 Å². The van der Waals surface area contributed by atoms with Gasteiger partial charge in [-0.25, -0.2) is 0 Å². The number of nitrogen functional groups attached to an aromatic ring is 1.